The van der Waals surface area contributed by atoms with Gasteiger partial charge in [-0.25, -0.2) is 4.39 Å². The van der Waals surface area contributed by atoms with Crippen LogP contribution in [0.5, 0.6) is 0 Å². The summed E-state index contributed by atoms with van der Waals surface area (Å²) in [7, 11) is 0. The Morgan fingerprint density at radius 2 is 2.00 bits per heavy atom. The summed E-state index contributed by atoms with van der Waals surface area (Å²) < 4.78 is 13.7. The predicted molar refractivity (Wildman–Crippen MR) is 75.1 cm³/mol. The summed E-state index contributed by atoms with van der Waals surface area (Å²) in [6, 6.07) is 4.21. The van der Waals surface area contributed by atoms with E-state index in [9.17, 15) is 9.18 Å². The zero-order valence-corrected chi connectivity index (χ0v) is 12.6. The Bertz CT molecular complexity index is 418. The van der Waals surface area contributed by atoms with Gasteiger partial charge in [0.1, 0.15) is 5.82 Å². The maximum Gasteiger partial charge on any atom is 0.252 e. The van der Waals surface area contributed by atoms with E-state index in [-0.39, 0.29) is 11.9 Å². The first-order chi connectivity index (χ1) is 8.49. The van der Waals surface area contributed by atoms with Gasteiger partial charge in [-0.2, -0.15) is 0 Å². The fraction of sp³-hybridized carbons (Fsp3) is 0.500. The van der Waals surface area contributed by atoms with E-state index in [4.69, 9.17) is 0 Å². The third kappa shape index (κ3) is 3.80. The standard InChI is InChI=1S/C14H19BrFNO/c1-4-10(5-2)9(3)17-14(18)12-8-11(16)6-7-13(12)15/h6-10H,4-5H2,1-3H3,(H,17,18). The topological polar surface area (TPSA) is 29.1 Å². The van der Waals surface area contributed by atoms with Gasteiger partial charge in [0.25, 0.3) is 5.91 Å². The molecule has 0 heterocycles. The summed E-state index contributed by atoms with van der Waals surface area (Å²) >= 11 is 3.26. The highest BCUT2D eigenvalue weighted by Crippen LogP contribution is 2.19. The van der Waals surface area contributed by atoms with E-state index in [0.29, 0.717) is 16.0 Å². The van der Waals surface area contributed by atoms with Gasteiger partial charge in [-0.1, -0.05) is 26.7 Å². The summed E-state index contributed by atoms with van der Waals surface area (Å²) in [5.41, 5.74) is 0.341. The number of hydrogen-bond donors (Lipinski definition) is 1. The summed E-state index contributed by atoms with van der Waals surface area (Å²) in [5.74, 6) is -0.194. The van der Waals surface area contributed by atoms with Gasteiger partial charge in [0.2, 0.25) is 0 Å². The maximum absolute atomic E-state index is 13.1. The van der Waals surface area contributed by atoms with Crippen molar-refractivity contribution in [1.29, 1.82) is 0 Å². The summed E-state index contributed by atoms with van der Waals surface area (Å²) in [4.78, 5) is 12.1. The van der Waals surface area contributed by atoms with Gasteiger partial charge in [0.05, 0.1) is 5.56 Å². The molecule has 0 aliphatic heterocycles. The number of benzene rings is 1. The van der Waals surface area contributed by atoms with E-state index in [2.05, 4.69) is 35.1 Å². The predicted octanol–water partition coefficient (Wildman–Crippen LogP) is 4.14. The van der Waals surface area contributed by atoms with E-state index in [0.717, 1.165) is 12.8 Å². The molecule has 1 aromatic carbocycles. The van der Waals surface area contributed by atoms with Gasteiger partial charge in [0, 0.05) is 10.5 Å². The lowest BCUT2D eigenvalue weighted by Crippen LogP contribution is -2.37. The maximum atomic E-state index is 13.1. The molecular formula is C14H19BrFNO. The lowest BCUT2D eigenvalue weighted by molar-refractivity contribution is 0.0924. The summed E-state index contributed by atoms with van der Waals surface area (Å²) in [5, 5.41) is 2.93. The van der Waals surface area contributed by atoms with Crippen LogP contribution in [-0.2, 0) is 0 Å². The molecule has 2 nitrogen and oxygen atoms in total. The number of hydrogen-bond acceptors (Lipinski definition) is 1. The lowest BCUT2D eigenvalue weighted by atomic mass is 9.95. The van der Waals surface area contributed by atoms with Gasteiger partial charge >= 0.3 is 0 Å². The number of carbonyl (C=O) groups is 1. The average molecular weight is 316 g/mol. The van der Waals surface area contributed by atoms with E-state index < -0.39 is 5.82 Å². The number of carbonyl (C=O) groups excluding carboxylic acids is 1. The van der Waals surface area contributed by atoms with Crippen molar-refractivity contribution in [2.45, 2.75) is 39.7 Å². The monoisotopic (exact) mass is 315 g/mol. The van der Waals surface area contributed by atoms with Crippen molar-refractivity contribution in [3.8, 4) is 0 Å². The molecule has 0 fully saturated rings. The van der Waals surface area contributed by atoms with Crippen LogP contribution >= 0.6 is 15.9 Å². The minimum atomic E-state index is -0.404. The first-order valence-corrected chi connectivity index (χ1v) is 7.04. The molecule has 1 aromatic rings. The number of halogens is 2. The molecule has 1 unspecified atom stereocenters. The number of nitrogens with one attached hydrogen (secondary N) is 1. The fourth-order valence-electron chi connectivity index (χ4n) is 2.07. The van der Waals surface area contributed by atoms with E-state index in [1.165, 1.54) is 12.1 Å². The number of amides is 1. The van der Waals surface area contributed by atoms with E-state index in [1.807, 2.05) is 6.92 Å². The van der Waals surface area contributed by atoms with Crippen molar-refractivity contribution in [2.24, 2.45) is 5.92 Å². The summed E-state index contributed by atoms with van der Waals surface area (Å²) in [6.45, 7) is 6.20. The third-order valence-electron chi connectivity index (χ3n) is 3.29. The Labute approximate surface area is 116 Å². The van der Waals surface area contributed by atoms with Gasteiger partial charge in [-0.3, -0.25) is 4.79 Å². The molecule has 1 N–H and O–H groups in total. The van der Waals surface area contributed by atoms with Gasteiger partial charge in [-0.15, -0.1) is 0 Å². The van der Waals surface area contributed by atoms with Crippen molar-refractivity contribution in [2.75, 3.05) is 0 Å². The quantitative estimate of drug-likeness (QED) is 0.869. The van der Waals surface area contributed by atoms with Crippen molar-refractivity contribution in [3.63, 3.8) is 0 Å². The Hall–Kier alpha value is -0.900. The van der Waals surface area contributed by atoms with Crippen molar-refractivity contribution >= 4 is 21.8 Å². The highest BCUT2D eigenvalue weighted by molar-refractivity contribution is 9.10. The Morgan fingerprint density at radius 1 is 1.39 bits per heavy atom. The molecule has 0 aliphatic rings. The zero-order valence-electron chi connectivity index (χ0n) is 11.0. The normalized spacial score (nSPS) is 12.6. The van der Waals surface area contributed by atoms with Crippen LogP contribution in [0.15, 0.2) is 22.7 Å². The lowest BCUT2D eigenvalue weighted by Gasteiger charge is -2.22. The van der Waals surface area contributed by atoms with Crippen molar-refractivity contribution in [1.82, 2.24) is 5.32 Å². The molecule has 0 saturated carbocycles. The highest BCUT2D eigenvalue weighted by atomic mass is 79.9. The second-order valence-corrected chi connectivity index (χ2v) is 5.32. The molecule has 1 atom stereocenters. The van der Waals surface area contributed by atoms with Gasteiger partial charge in [-0.05, 0) is 47.0 Å². The molecule has 0 aromatic heterocycles. The molecule has 0 spiro atoms. The van der Waals surface area contributed by atoms with Crippen LogP contribution in [0.4, 0.5) is 4.39 Å². The Balaban J connectivity index is 2.79. The Kier molecular flexibility index (Phi) is 5.79. The third-order valence-corrected chi connectivity index (χ3v) is 3.98. The summed E-state index contributed by atoms with van der Waals surface area (Å²) in [6.07, 6.45) is 2.03. The molecule has 1 rings (SSSR count). The Morgan fingerprint density at radius 3 is 2.56 bits per heavy atom. The van der Waals surface area contributed by atoms with Gasteiger partial charge in [0.15, 0.2) is 0 Å². The molecule has 0 saturated heterocycles. The van der Waals surface area contributed by atoms with E-state index >= 15 is 0 Å². The molecule has 0 aliphatic carbocycles. The molecule has 100 valence electrons. The van der Waals surface area contributed by atoms with Crippen molar-refractivity contribution in [3.05, 3.63) is 34.1 Å². The van der Waals surface area contributed by atoms with Crippen LogP contribution in [0.25, 0.3) is 0 Å². The second kappa shape index (κ2) is 6.88. The molecule has 0 bridgehead atoms. The molecule has 1 amide bonds. The minimum Gasteiger partial charge on any atom is -0.349 e. The molecular weight excluding hydrogens is 297 g/mol. The van der Waals surface area contributed by atoms with Crippen LogP contribution in [0.2, 0.25) is 0 Å². The zero-order chi connectivity index (χ0) is 13.7. The molecule has 18 heavy (non-hydrogen) atoms. The fourth-order valence-corrected chi connectivity index (χ4v) is 2.50. The van der Waals surface area contributed by atoms with Crippen LogP contribution in [0.1, 0.15) is 44.0 Å². The van der Waals surface area contributed by atoms with Crippen LogP contribution in [0.3, 0.4) is 0 Å². The SMILES string of the molecule is CCC(CC)C(C)NC(=O)c1cc(F)ccc1Br. The van der Waals surface area contributed by atoms with Crippen LogP contribution in [0, 0.1) is 11.7 Å². The molecule has 4 heteroatoms. The van der Waals surface area contributed by atoms with Crippen molar-refractivity contribution < 1.29 is 9.18 Å². The van der Waals surface area contributed by atoms with E-state index in [1.54, 1.807) is 6.07 Å². The minimum absolute atomic E-state index is 0.0858. The number of rotatable bonds is 5. The second-order valence-electron chi connectivity index (χ2n) is 4.46. The first kappa shape index (κ1) is 15.2. The highest BCUT2D eigenvalue weighted by Gasteiger charge is 2.18. The van der Waals surface area contributed by atoms with Gasteiger partial charge < -0.3 is 5.32 Å². The first-order valence-electron chi connectivity index (χ1n) is 6.25. The van der Waals surface area contributed by atoms with Crippen LogP contribution < -0.4 is 5.32 Å². The molecule has 0 radical (unpaired) electrons. The largest absolute Gasteiger partial charge is 0.349 e. The smallest absolute Gasteiger partial charge is 0.252 e. The average Bonchev–Trinajstić information content (AvgIpc) is 2.33. The van der Waals surface area contributed by atoms with Crippen LogP contribution in [-0.4, -0.2) is 11.9 Å².